The van der Waals surface area contributed by atoms with Crippen LogP contribution in [0.25, 0.3) is 11.0 Å². The summed E-state index contributed by atoms with van der Waals surface area (Å²) in [5, 5.41) is 3.61. The molecule has 0 spiro atoms. The molecule has 4 nitrogen and oxygen atoms in total. The average molecular weight is 353 g/mol. The Hall–Kier alpha value is -1.60. The number of ether oxygens (including phenoxy) is 1. The predicted molar refractivity (Wildman–Crippen MR) is 88.3 cm³/mol. The fraction of sp³-hybridized carbons (Fsp3) is 0.611. The number of aromatic nitrogens is 2. The van der Waals surface area contributed by atoms with Crippen molar-refractivity contribution < 1.29 is 17.9 Å². The van der Waals surface area contributed by atoms with Crippen LogP contribution in [0.3, 0.4) is 0 Å². The molecule has 1 aliphatic carbocycles. The van der Waals surface area contributed by atoms with E-state index in [2.05, 4.69) is 14.9 Å². The maximum absolute atomic E-state index is 12.9. The Labute approximate surface area is 144 Å². The Kier molecular flexibility index (Phi) is 4.45. The number of nitrogens with zero attached hydrogens (tertiary/aromatic N) is 2. The minimum Gasteiger partial charge on any atom is -0.371 e. The van der Waals surface area contributed by atoms with Gasteiger partial charge in [0.25, 0.3) is 0 Å². The lowest BCUT2D eigenvalue weighted by Crippen LogP contribution is -2.38. The van der Waals surface area contributed by atoms with E-state index in [-0.39, 0.29) is 6.04 Å². The highest BCUT2D eigenvalue weighted by molar-refractivity contribution is 5.77. The summed E-state index contributed by atoms with van der Waals surface area (Å²) in [6, 6.07) is 4.40. The Morgan fingerprint density at radius 1 is 1.20 bits per heavy atom. The molecule has 1 aromatic heterocycles. The molecule has 4 rings (SSSR count). The van der Waals surface area contributed by atoms with Gasteiger partial charge in [-0.25, -0.2) is 4.98 Å². The van der Waals surface area contributed by atoms with E-state index in [1.54, 1.807) is 0 Å². The van der Waals surface area contributed by atoms with Gasteiger partial charge in [0.1, 0.15) is 12.4 Å². The van der Waals surface area contributed by atoms with Crippen molar-refractivity contribution in [3.63, 3.8) is 0 Å². The first-order valence-corrected chi connectivity index (χ1v) is 8.91. The molecular weight excluding hydrogens is 331 g/mol. The average Bonchev–Trinajstić information content (AvgIpc) is 2.98. The number of halogens is 3. The first-order chi connectivity index (χ1) is 12.0. The maximum atomic E-state index is 12.9. The molecule has 1 aliphatic heterocycles. The second-order valence-corrected chi connectivity index (χ2v) is 7.01. The van der Waals surface area contributed by atoms with Gasteiger partial charge in [-0.05, 0) is 31.0 Å². The van der Waals surface area contributed by atoms with Gasteiger partial charge in [-0.3, -0.25) is 0 Å². The normalized spacial score (nSPS) is 22.3. The summed E-state index contributed by atoms with van der Waals surface area (Å²) in [6.07, 6.45) is 1.87. The Morgan fingerprint density at radius 2 is 2.00 bits per heavy atom. The van der Waals surface area contributed by atoms with E-state index in [0.717, 1.165) is 24.2 Å². The molecule has 1 saturated carbocycles. The molecule has 2 heterocycles. The molecule has 2 aromatic rings. The third-order valence-electron chi connectivity index (χ3n) is 5.24. The number of rotatable bonds is 3. The first kappa shape index (κ1) is 16.8. The summed E-state index contributed by atoms with van der Waals surface area (Å²) in [5.74, 6) is 0.705. The van der Waals surface area contributed by atoms with E-state index >= 15 is 0 Å². The molecule has 0 radical (unpaired) electrons. The smallest absolute Gasteiger partial charge is 0.371 e. The van der Waals surface area contributed by atoms with Crippen molar-refractivity contribution in [3.8, 4) is 0 Å². The molecule has 7 heteroatoms. The fourth-order valence-corrected chi connectivity index (χ4v) is 3.95. The largest absolute Gasteiger partial charge is 0.416 e. The van der Waals surface area contributed by atoms with Gasteiger partial charge in [0.05, 0.1) is 29.2 Å². The van der Waals surface area contributed by atoms with Crippen LogP contribution in [0.15, 0.2) is 18.2 Å². The molecule has 0 amide bonds. The lowest BCUT2D eigenvalue weighted by Gasteiger charge is -2.30. The van der Waals surface area contributed by atoms with Gasteiger partial charge in [0.15, 0.2) is 0 Å². The van der Waals surface area contributed by atoms with E-state index in [0.29, 0.717) is 30.6 Å². The van der Waals surface area contributed by atoms with Crippen LogP contribution in [-0.4, -0.2) is 28.7 Å². The van der Waals surface area contributed by atoms with Crippen LogP contribution in [0.4, 0.5) is 13.2 Å². The van der Waals surface area contributed by atoms with Crippen LogP contribution in [-0.2, 0) is 17.5 Å². The molecule has 0 unspecified atom stereocenters. The van der Waals surface area contributed by atoms with Crippen molar-refractivity contribution in [1.82, 2.24) is 14.9 Å². The van der Waals surface area contributed by atoms with Crippen LogP contribution in [0.5, 0.6) is 0 Å². The monoisotopic (exact) mass is 353 g/mol. The fourth-order valence-electron chi connectivity index (χ4n) is 3.95. The Balaban J connectivity index is 1.59. The second kappa shape index (κ2) is 6.61. The topological polar surface area (TPSA) is 39.1 Å². The zero-order valence-electron chi connectivity index (χ0n) is 14.0. The van der Waals surface area contributed by atoms with Gasteiger partial charge in [0, 0.05) is 12.6 Å². The molecule has 136 valence electrons. The quantitative estimate of drug-likeness (QED) is 0.905. The number of hydrogen-bond donors (Lipinski definition) is 1. The van der Waals surface area contributed by atoms with Crippen LogP contribution in [0.2, 0.25) is 0 Å². The van der Waals surface area contributed by atoms with Crippen LogP contribution >= 0.6 is 0 Å². The molecule has 0 bridgehead atoms. The van der Waals surface area contributed by atoms with Crippen molar-refractivity contribution in [1.29, 1.82) is 0 Å². The number of imidazole rings is 1. The lowest BCUT2D eigenvalue weighted by molar-refractivity contribution is -0.137. The summed E-state index contributed by atoms with van der Waals surface area (Å²) in [6.45, 7) is 1.65. The zero-order chi connectivity index (χ0) is 17.4. The second-order valence-electron chi connectivity index (χ2n) is 7.01. The third-order valence-corrected chi connectivity index (χ3v) is 5.24. The van der Waals surface area contributed by atoms with Crippen molar-refractivity contribution >= 4 is 11.0 Å². The van der Waals surface area contributed by atoms with Crippen LogP contribution in [0, 0.1) is 0 Å². The van der Waals surface area contributed by atoms with E-state index in [4.69, 9.17) is 4.74 Å². The number of benzene rings is 1. The summed E-state index contributed by atoms with van der Waals surface area (Å²) < 4.78 is 46.5. The third kappa shape index (κ3) is 3.40. The van der Waals surface area contributed by atoms with E-state index < -0.39 is 11.7 Å². The minimum absolute atomic E-state index is 0.0624. The molecule has 1 N–H and O–H groups in total. The van der Waals surface area contributed by atoms with E-state index in [1.165, 1.54) is 38.2 Å². The van der Waals surface area contributed by atoms with Crippen LogP contribution in [0.1, 0.15) is 49.5 Å². The minimum atomic E-state index is -4.35. The van der Waals surface area contributed by atoms with Crippen molar-refractivity contribution in [2.45, 2.75) is 57.0 Å². The van der Waals surface area contributed by atoms with E-state index in [9.17, 15) is 13.2 Å². The molecule has 2 aliphatic rings. The van der Waals surface area contributed by atoms with Crippen molar-refractivity contribution in [3.05, 3.63) is 29.6 Å². The lowest BCUT2D eigenvalue weighted by atomic mass is 9.95. The van der Waals surface area contributed by atoms with Crippen LogP contribution < -0.4 is 5.32 Å². The van der Waals surface area contributed by atoms with Gasteiger partial charge in [-0.2, -0.15) is 13.2 Å². The van der Waals surface area contributed by atoms with Gasteiger partial charge < -0.3 is 14.6 Å². The molecule has 1 aromatic carbocycles. The zero-order valence-corrected chi connectivity index (χ0v) is 14.0. The Morgan fingerprint density at radius 3 is 2.76 bits per heavy atom. The van der Waals surface area contributed by atoms with Gasteiger partial charge in [0.2, 0.25) is 0 Å². The molecular formula is C18H22F3N3O. The number of hydrogen-bond acceptors (Lipinski definition) is 3. The number of fused-ring (bicyclic) bond motifs is 3. The molecule has 0 saturated heterocycles. The maximum Gasteiger partial charge on any atom is 0.416 e. The predicted octanol–water partition coefficient (Wildman–Crippen LogP) is 4.05. The summed E-state index contributed by atoms with van der Waals surface area (Å²) in [7, 11) is 0. The summed E-state index contributed by atoms with van der Waals surface area (Å²) >= 11 is 0. The number of alkyl halides is 3. The molecule has 1 fully saturated rings. The highest BCUT2D eigenvalue weighted by Gasteiger charge is 2.32. The van der Waals surface area contributed by atoms with Crippen molar-refractivity contribution in [2.75, 3.05) is 13.2 Å². The van der Waals surface area contributed by atoms with E-state index in [1.807, 2.05) is 0 Å². The molecule has 25 heavy (non-hydrogen) atoms. The first-order valence-electron chi connectivity index (χ1n) is 8.91. The highest BCUT2D eigenvalue weighted by Crippen LogP contribution is 2.33. The SMILES string of the molecule is FC(F)(F)c1ccc2c(c1)nc1n2[C@@H](CNC2CCCCC2)COC1. The molecule has 1 atom stereocenters. The standard InChI is InChI=1S/C18H22F3N3O/c19-18(20,21)12-6-7-16-15(8-12)23-17-11-25-10-14(24(16)17)9-22-13-4-2-1-3-5-13/h6-8,13-14,22H,1-5,9-11H2/t14-/m0/s1. The van der Waals surface area contributed by atoms with Gasteiger partial charge in [-0.15, -0.1) is 0 Å². The van der Waals surface area contributed by atoms with Gasteiger partial charge >= 0.3 is 6.18 Å². The van der Waals surface area contributed by atoms with Crippen molar-refractivity contribution in [2.24, 2.45) is 0 Å². The summed E-state index contributed by atoms with van der Waals surface area (Å²) in [5.41, 5.74) is 0.480. The highest BCUT2D eigenvalue weighted by atomic mass is 19.4. The summed E-state index contributed by atoms with van der Waals surface area (Å²) in [4.78, 5) is 4.38. The van der Waals surface area contributed by atoms with Gasteiger partial charge in [-0.1, -0.05) is 19.3 Å². The Bertz CT molecular complexity index is 750. The number of nitrogens with one attached hydrogen (secondary N) is 1.